The number of hydrogen-bond donors (Lipinski definition) is 1. The number of carbonyl (C=O) groups excluding carboxylic acids is 1. The number of rotatable bonds is 6. The summed E-state index contributed by atoms with van der Waals surface area (Å²) < 4.78 is 6.75. The second-order valence-electron chi connectivity index (χ2n) is 5.67. The normalized spacial score (nSPS) is 10.8. The highest BCUT2D eigenvalue weighted by molar-refractivity contribution is 7.98. The van der Waals surface area contributed by atoms with Crippen molar-refractivity contribution in [3.8, 4) is 17.1 Å². The number of halogens is 2. The lowest BCUT2D eigenvalue weighted by atomic mass is 10.1. The first-order chi connectivity index (χ1) is 12.9. The topological polar surface area (TPSA) is 83.0 Å². The molecule has 140 valence electrons. The van der Waals surface area contributed by atoms with Crippen LogP contribution in [0, 0.1) is 0 Å². The van der Waals surface area contributed by atoms with Crippen LogP contribution in [0.15, 0.2) is 41.6 Å². The van der Waals surface area contributed by atoms with E-state index in [2.05, 4.69) is 10.2 Å². The monoisotopic (exact) mass is 422 g/mol. The Morgan fingerprint density at radius 1 is 1.22 bits per heavy atom. The molecule has 0 saturated carbocycles. The summed E-state index contributed by atoms with van der Waals surface area (Å²) >= 11 is 13.5. The van der Waals surface area contributed by atoms with Crippen LogP contribution in [0.2, 0.25) is 10.0 Å². The minimum absolute atomic E-state index is 0.00874. The highest BCUT2D eigenvalue weighted by Crippen LogP contribution is 2.32. The number of Topliss-reactive ketones (excluding diaryl/α,β-unsaturated/α-hetero) is 1. The van der Waals surface area contributed by atoms with Crippen LogP contribution in [0.5, 0.6) is 5.75 Å². The van der Waals surface area contributed by atoms with Gasteiger partial charge >= 0.3 is 0 Å². The van der Waals surface area contributed by atoms with Crippen LogP contribution in [0.1, 0.15) is 22.8 Å². The second-order valence-corrected chi connectivity index (χ2v) is 7.46. The van der Waals surface area contributed by atoms with E-state index in [1.807, 2.05) is 6.07 Å². The van der Waals surface area contributed by atoms with Crippen molar-refractivity contribution < 1.29 is 9.53 Å². The molecule has 0 radical (unpaired) electrons. The molecule has 0 saturated heterocycles. The molecule has 1 aromatic heterocycles. The van der Waals surface area contributed by atoms with Crippen molar-refractivity contribution in [2.45, 2.75) is 17.8 Å². The molecule has 0 aliphatic carbocycles. The summed E-state index contributed by atoms with van der Waals surface area (Å²) in [5.41, 5.74) is 2.12. The van der Waals surface area contributed by atoms with Crippen LogP contribution in [0.3, 0.4) is 0 Å². The first kappa shape index (κ1) is 19.5. The van der Waals surface area contributed by atoms with Crippen LogP contribution >= 0.6 is 35.0 Å². The van der Waals surface area contributed by atoms with Gasteiger partial charge in [-0.25, -0.2) is 4.68 Å². The summed E-state index contributed by atoms with van der Waals surface area (Å²) in [6, 6.07) is 10.4. The van der Waals surface area contributed by atoms with Crippen LogP contribution in [0.4, 0.5) is 0 Å². The van der Waals surface area contributed by atoms with Gasteiger partial charge in [0, 0.05) is 27.5 Å². The predicted molar refractivity (Wildman–Crippen MR) is 108 cm³/mol. The van der Waals surface area contributed by atoms with Crippen molar-refractivity contribution in [3.63, 3.8) is 0 Å². The lowest BCUT2D eigenvalue weighted by molar-refractivity contribution is 0.101. The Balaban J connectivity index is 1.85. The van der Waals surface area contributed by atoms with Crippen molar-refractivity contribution >= 4 is 40.7 Å². The molecule has 0 unspecified atom stereocenters. The first-order valence-electron chi connectivity index (χ1n) is 7.87. The molecule has 9 heteroatoms. The predicted octanol–water partition coefficient (Wildman–Crippen LogP) is 4.47. The number of carbonyl (C=O) groups is 1. The van der Waals surface area contributed by atoms with E-state index in [0.717, 1.165) is 5.56 Å². The van der Waals surface area contributed by atoms with E-state index in [1.165, 1.54) is 23.4 Å². The Morgan fingerprint density at radius 3 is 2.67 bits per heavy atom. The van der Waals surface area contributed by atoms with E-state index in [9.17, 15) is 4.79 Å². The molecule has 0 amide bonds. The molecule has 6 nitrogen and oxygen atoms in total. The van der Waals surface area contributed by atoms with Gasteiger partial charge in [0.1, 0.15) is 5.75 Å². The molecule has 1 heterocycles. The third kappa shape index (κ3) is 4.21. The fourth-order valence-corrected chi connectivity index (χ4v) is 3.81. The van der Waals surface area contributed by atoms with Gasteiger partial charge in [0.25, 0.3) is 0 Å². The molecular formula is C18H16Cl2N4O2S. The lowest BCUT2D eigenvalue weighted by Crippen LogP contribution is -2.11. The van der Waals surface area contributed by atoms with Crippen molar-refractivity contribution in [2.24, 2.45) is 0 Å². The number of methoxy groups -OCH3 is 1. The van der Waals surface area contributed by atoms with E-state index in [4.69, 9.17) is 33.8 Å². The molecule has 2 N–H and O–H groups in total. The Kier molecular flexibility index (Phi) is 5.94. The molecule has 3 rings (SSSR count). The minimum Gasteiger partial charge on any atom is -0.496 e. The van der Waals surface area contributed by atoms with Crippen molar-refractivity contribution in [1.29, 1.82) is 0 Å². The SMILES string of the molecule is COc1ccc(C(C)=O)cc1CSc1nnc(-c2ccc(Cl)cc2Cl)n1N. The zero-order chi connectivity index (χ0) is 19.6. The number of ether oxygens (including phenoxy) is 1. The molecule has 2 aromatic carbocycles. The van der Waals surface area contributed by atoms with Gasteiger partial charge in [-0.2, -0.15) is 0 Å². The second kappa shape index (κ2) is 8.21. The summed E-state index contributed by atoms with van der Waals surface area (Å²) in [4.78, 5) is 11.6. The third-order valence-electron chi connectivity index (χ3n) is 3.88. The molecule has 0 atom stereocenters. The Hall–Kier alpha value is -2.22. The van der Waals surface area contributed by atoms with Gasteiger partial charge in [-0.1, -0.05) is 35.0 Å². The number of thioether (sulfide) groups is 1. The molecule has 0 spiro atoms. The fraction of sp³-hybridized carbons (Fsp3) is 0.167. The van der Waals surface area contributed by atoms with E-state index in [1.54, 1.807) is 37.4 Å². The summed E-state index contributed by atoms with van der Waals surface area (Å²) in [7, 11) is 1.59. The number of ketones is 1. The maximum Gasteiger partial charge on any atom is 0.210 e. The van der Waals surface area contributed by atoms with Crippen molar-refractivity contribution in [3.05, 3.63) is 57.6 Å². The van der Waals surface area contributed by atoms with Gasteiger partial charge in [0.05, 0.1) is 12.1 Å². The maximum atomic E-state index is 11.6. The van der Waals surface area contributed by atoms with Gasteiger partial charge in [-0.3, -0.25) is 4.79 Å². The third-order valence-corrected chi connectivity index (χ3v) is 5.42. The molecule has 27 heavy (non-hydrogen) atoms. The summed E-state index contributed by atoms with van der Waals surface area (Å²) in [6.07, 6.45) is 0. The summed E-state index contributed by atoms with van der Waals surface area (Å²) in [5.74, 6) is 7.77. The average Bonchev–Trinajstić information content (AvgIpc) is 3.00. The van der Waals surface area contributed by atoms with Gasteiger partial charge in [0.2, 0.25) is 5.16 Å². The molecule has 3 aromatic rings. The van der Waals surface area contributed by atoms with Crippen LogP contribution in [-0.4, -0.2) is 27.8 Å². The number of nitrogens with two attached hydrogens (primary N) is 1. The Labute approximate surface area is 170 Å². The van der Waals surface area contributed by atoms with Gasteiger partial charge in [0.15, 0.2) is 11.6 Å². The van der Waals surface area contributed by atoms with E-state index in [0.29, 0.717) is 43.7 Å². The molecule has 0 aliphatic heterocycles. The summed E-state index contributed by atoms with van der Waals surface area (Å²) in [5, 5.41) is 9.74. The molecular weight excluding hydrogens is 407 g/mol. The average molecular weight is 423 g/mol. The van der Waals surface area contributed by atoms with Gasteiger partial charge < -0.3 is 10.6 Å². The van der Waals surface area contributed by atoms with Crippen LogP contribution in [0.25, 0.3) is 11.4 Å². The van der Waals surface area contributed by atoms with Crippen molar-refractivity contribution in [1.82, 2.24) is 14.9 Å². The summed E-state index contributed by atoms with van der Waals surface area (Å²) in [6.45, 7) is 1.53. The molecule has 0 fully saturated rings. The van der Waals surface area contributed by atoms with Crippen LogP contribution in [-0.2, 0) is 5.75 Å². The maximum absolute atomic E-state index is 11.6. The minimum atomic E-state index is -0.00874. The molecule has 0 aliphatic rings. The number of aromatic nitrogens is 3. The van der Waals surface area contributed by atoms with Crippen LogP contribution < -0.4 is 10.6 Å². The van der Waals surface area contributed by atoms with E-state index < -0.39 is 0 Å². The zero-order valence-corrected chi connectivity index (χ0v) is 16.9. The standard InChI is InChI=1S/C18H16Cl2N4O2S/c1-10(25)11-3-6-16(26-2)12(7-11)9-27-18-23-22-17(24(18)21)14-5-4-13(19)8-15(14)20/h3-8H,9,21H2,1-2H3. The highest BCUT2D eigenvalue weighted by Gasteiger charge is 2.16. The van der Waals surface area contributed by atoms with Gasteiger partial charge in [-0.05, 0) is 43.3 Å². The van der Waals surface area contributed by atoms with Crippen molar-refractivity contribution in [2.75, 3.05) is 13.0 Å². The van der Waals surface area contributed by atoms with E-state index >= 15 is 0 Å². The number of benzene rings is 2. The molecule has 0 bridgehead atoms. The number of nitrogens with zero attached hydrogens (tertiary/aromatic N) is 3. The zero-order valence-electron chi connectivity index (χ0n) is 14.6. The number of nitrogen functional groups attached to an aromatic ring is 1. The first-order valence-corrected chi connectivity index (χ1v) is 9.61. The largest absolute Gasteiger partial charge is 0.496 e. The smallest absolute Gasteiger partial charge is 0.210 e. The van der Waals surface area contributed by atoms with E-state index in [-0.39, 0.29) is 5.78 Å². The fourth-order valence-electron chi connectivity index (χ4n) is 2.48. The number of hydrogen-bond acceptors (Lipinski definition) is 6. The highest BCUT2D eigenvalue weighted by atomic mass is 35.5. The Morgan fingerprint density at radius 2 is 2.00 bits per heavy atom. The quantitative estimate of drug-likeness (QED) is 0.358. The lowest BCUT2D eigenvalue weighted by Gasteiger charge is -2.10. The van der Waals surface area contributed by atoms with Gasteiger partial charge in [-0.15, -0.1) is 10.2 Å². The Bertz CT molecular complexity index is 1010.